The predicted octanol–water partition coefficient (Wildman–Crippen LogP) is 0.811. The van der Waals surface area contributed by atoms with Crippen LogP contribution < -0.4 is 11.4 Å². The van der Waals surface area contributed by atoms with E-state index < -0.39 is 0 Å². The largest absolute Gasteiger partial charge is 0.343 e. The van der Waals surface area contributed by atoms with Crippen LogP contribution in [0.4, 0.5) is 0 Å². The molecule has 0 spiro atoms. The molecule has 1 aromatic heterocycles. The van der Waals surface area contributed by atoms with Gasteiger partial charge in [0.05, 0.1) is 0 Å². The highest BCUT2D eigenvalue weighted by molar-refractivity contribution is 8.00. The molecule has 0 fully saturated rings. The molecule has 1 heterocycles. The number of nitrogens with two attached hydrogens (primary N) is 1. The molecule has 0 bridgehead atoms. The van der Waals surface area contributed by atoms with Gasteiger partial charge in [-0.15, -0.1) is 5.10 Å². The van der Waals surface area contributed by atoms with Crippen LogP contribution in [0.25, 0.3) is 0 Å². The van der Waals surface area contributed by atoms with Gasteiger partial charge in [0.1, 0.15) is 0 Å². The molecular formula is C9H18N4OS. The van der Waals surface area contributed by atoms with Crippen LogP contribution in [0.1, 0.15) is 27.2 Å². The number of nitrogens with one attached hydrogen (secondary N) is 1. The second-order valence-electron chi connectivity index (χ2n) is 4.03. The fraction of sp³-hybridized carbons (Fsp3) is 0.778. The van der Waals surface area contributed by atoms with Crippen LogP contribution in [-0.4, -0.2) is 26.1 Å². The number of rotatable bonds is 5. The lowest BCUT2D eigenvalue weighted by atomic mass is 10.2. The third kappa shape index (κ3) is 3.10. The first-order valence-electron chi connectivity index (χ1n) is 5.04. The lowest BCUT2D eigenvalue weighted by Crippen LogP contribution is -2.28. The number of aromatic nitrogens is 3. The lowest BCUT2D eigenvalue weighted by molar-refractivity contribution is 0.598. The van der Waals surface area contributed by atoms with Crippen LogP contribution in [0, 0.1) is 0 Å². The molecule has 0 aliphatic carbocycles. The molecule has 6 heteroatoms. The zero-order chi connectivity index (χ0) is 11.5. The molecule has 0 aromatic carbocycles. The molecule has 1 aromatic rings. The maximum Gasteiger partial charge on any atom is 0.343 e. The summed E-state index contributed by atoms with van der Waals surface area (Å²) >= 11 is 1.53. The molecule has 0 radical (unpaired) electrons. The van der Waals surface area contributed by atoms with Crippen LogP contribution in [-0.2, 0) is 6.54 Å². The molecule has 86 valence electrons. The summed E-state index contributed by atoms with van der Waals surface area (Å²) in [5.74, 6) is 0. The van der Waals surface area contributed by atoms with Gasteiger partial charge in [0.25, 0.3) is 0 Å². The van der Waals surface area contributed by atoms with E-state index >= 15 is 0 Å². The van der Waals surface area contributed by atoms with E-state index in [9.17, 15) is 4.79 Å². The Morgan fingerprint density at radius 3 is 2.80 bits per heavy atom. The minimum Gasteiger partial charge on any atom is -0.329 e. The Morgan fingerprint density at radius 1 is 1.60 bits per heavy atom. The Bertz CT molecular complexity index is 368. The van der Waals surface area contributed by atoms with Gasteiger partial charge in [-0.3, -0.25) is 4.57 Å². The number of hydrogen-bond acceptors (Lipinski definition) is 4. The molecule has 0 aliphatic heterocycles. The maximum atomic E-state index is 11.4. The SMILES string of the molecule is CCCn1c(SC(C)(C)CN)n[nH]c1=O. The van der Waals surface area contributed by atoms with E-state index in [1.807, 2.05) is 20.8 Å². The third-order valence-electron chi connectivity index (χ3n) is 2.03. The number of hydrogen-bond donors (Lipinski definition) is 2. The van der Waals surface area contributed by atoms with Crippen molar-refractivity contribution in [2.45, 2.75) is 43.6 Å². The fourth-order valence-electron chi connectivity index (χ4n) is 1.09. The van der Waals surface area contributed by atoms with Crippen molar-refractivity contribution in [2.75, 3.05) is 6.54 Å². The van der Waals surface area contributed by atoms with Crippen LogP contribution >= 0.6 is 11.8 Å². The van der Waals surface area contributed by atoms with E-state index in [1.165, 1.54) is 11.8 Å². The standard InChI is InChI=1S/C9H18N4OS/c1-4-5-13-7(14)11-12-8(13)15-9(2,3)6-10/h4-6,10H2,1-3H3,(H,11,14). The van der Waals surface area contributed by atoms with E-state index in [0.717, 1.165) is 11.6 Å². The highest BCUT2D eigenvalue weighted by atomic mass is 32.2. The molecule has 0 amide bonds. The van der Waals surface area contributed by atoms with Crippen molar-refractivity contribution in [2.24, 2.45) is 5.73 Å². The molecule has 0 unspecified atom stereocenters. The average molecular weight is 230 g/mol. The highest BCUT2D eigenvalue weighted by Gasteiger charge is 2.21. The minimum absolute atomic E-state index is 0.100. The number of nitrogens with zero attached hydrogens (tertiary/aromatic N) is 2. The van der Waals surface area contributed by atoms with Gasteiger partial charge in [-0.2, -0.15) is 0 Å². The third-order valence-corrected chi connectivity index (χ3v) is 3.24. The summed E-state index contributed by atoms with van der Waals surface area (Å²) in [6, 6.07) is 0. The quantitative estimate of drug-likeness (QED) is 0.734. The minimum atomic E-state index is -0.146. The van der Waals surface area contributed by atoms with E-state index in [4.69, 9.17) is 5.73 Å². The number of aromatic amines is 1. The Hall–Kier alpha value is -0.750. The summed E-state index contributed by atoms with van der Waals surface area (Å²) in [6.07, 6.45) is 0.913. The Kier molecular flexibility index (Phi) is 3.98. The van der Waals surface area contributed by atoms with Gasteiger partial charge in [-0.05, 0) is 20.3 Å². The maximum absolute atomic E-state index is 11.4. The lowest BCUT2D eigenvalue weighted by Gasteiger charge is -2.20. The average Bonchev–Trinajstić information content (AvgIpc) is 2.50. The van der Waals surface area contributed by atoms with E-state index in [0.29, 0.717) is 13.1 Å². The first-order valence-corrected chi connectivity index (χ1v) is 5.86. The zero-order valence-electron chi connectivity index (χ0n) is 9.41. The fourth-order valence-corrected chi connectivity index (χ4v) is 2.04. The summed E-state index contributed by atoms with van der Waals surface area (Å²) in [6.45, 7) is 7.34. The second-order valence-corrected chi connectivity index (χ2v) is 5.70. The van der Waals surface area contributed by atoms with Gasteiger partial charge >= 0.3 is 5.69 Å². The van der Waals surface area contributed by atoms with Crippen molar-refractivity contribution >= 4 is 11.8 Å². The smallest absolute Gasteiger partial charge is 0.329 e. The highest BCUT2D eigenvalue weighted by Crippen LogP contribution is 2.29. The summed E-state index contributed by atoms with van der Waals surface area (Å²) < 4.78 is 1.55. The van der Waals surface area contributed by atoms with Crippen LogP contribution in [0.5, 0.6) is 0 Å². The topological polar surface area (TPSA) is 76.7 Å². The van der Waals surface area contributed by atoms with E-state index in [2.05, 4.69) is 10.2 Å². The van der Waals surface area contributed by atoms with E-state index in [-0.39, 0.29) is 10.4 Å². The summed E-state index contributed by atoms with van der Waals surface area (Å²) in [7, 11) is 0. The van der Waals surface area contributed by atoms with Crippen molar-refractivity contribution in [3.8, 4) is 0 Å². The second kappa shape index (κ2) is 4.85. The van der Waals surface area contributed by atoms with Crippen molar-refractivity contribution in [1.29, 1.82) is 0 Å². The molecule has 0 atom stereocenters. The molecule has 1 rings (SSSR count). The molecule has 0 saturated carbocycles. The predicted molar refractivity (Wildman–Crippen MR) is 62.1 cm³/mol. The zero-order valence-corrected chi connectivity index (χ0v) is 10.2. The van der Waals surface area contributed by atoms with Crippen LogP contribution in [0.3, 0.4) is 0 Å². The Labute approximate surface area is 93.4 Å². The van der Waals surface area contributed by atoms with Gasteiger partial charge in [0.2, 0.25) is 0 Å². The van der Waals surface area contributed by atoms with Crippen molar-refractivity contribution in [3.63, 3.8) is 0 Å². The first-order chi connectivity index (χ1) is 7.00. The first kappa shape index (κ1) is 12.3. The normalized spacial score (nSPS) is 12.0. The van der Waals surface area contributed by atoms with Gasteiger partial charge in [-0.25, -0.2) is 9.89 Å². The van der Waals surface area contributed by atoms with Gasteiger partial charge in [0, 0.05) is 17.8 Å². The molecule has 0 saturated heterocycles. The summed E-state index contributed by atoms with van der Waals surface area (Å²) in [5, 5.41) is 7.18. The van der Waals surface area contributed by atoms with Crippen molar-refractivity contribution in [1.82, 2.24) is 14.8 Å². The monoisotopic (exact) mass is 230 g/mol. The van der Waals surface area contributed by atoms with Gasteiger partial charge < -0.3 is 5.73 Å². The van der Waals surface area contributed by atoms with Crippen LogP contribution in [0.15, 0.2) is 9.95 Å². The Morgan fingerprint density at radius 2 is 2.27 bits per heavy atom. The number of thioether (sulfide) groups is 1. The van der Waals surface area contributed by atoms with Crippen molar-refractivity contribution in [3.05, 3.63) is 10.5 Å². The molecule has 0 aliphatic rings. The van der Waals surface area contributed by atoms with Gasteiger partial charge in [0.15, 0.2) is 5.16 Å². The molecule has 3 N–H and O–H groups in total. The molecular weight excluding hydrogens is 212 g/mol. The molecule has 5 nitrogen and oxygen atoms in total. The van der Waals surface area contributed by atoms with E-state index in [1.54, 1.807) is 4.57 Å². The van der Waals surface area contributed by atoms with Crippen molar-refractivity contribution < 1.29 is 0 Å². The van der Waals surface area contributed by atoms with Gasteiger partial charge in [-0.1, -0.05) is 18.7 Å². The molecule has 15 heavy (non-hydrogen) atoms. The number of H-pyrrole nitrogens is 1. The Balaban J connectivity index is 2.90. The summed E-state index contributed by atoms with van der Waals surface area (Å²) in [5.41, 5.74) is 5.49. The van der Waals surface area contributed by atoms with Crippen LogP contribution in [0.2, 0.25) is 0 Å². The summed E-state index contributed by atoms with van der Waals surface area (Å²) in [4.78, 5) is 11.4.